The number of carbonyl (C=O) groups excluding carboxylic acids is 1. The van der Waals surface area contributed by atoms with Gasteiger partial charge in [0.05, 0.1) is 0 Å². The Morgan fingerprint density at radius 3 is 2.94 bits per heavy atom. The van der Waals surface area contributed by atoms with Crippen molar-refractivity contribution in [2.24, 2.45) is 0 Å². The Hall–Kier alpha value is -1.10. The summed E-state index contributed by atoms with van der Waals surface area (Å²) in [5.74, 6) is 0.536. The number of carbonyl (C=O) groups is 1. The van der Waals surface area contributed by atoms with Crippen molar-refractivity contribution >= 4 is 21.8 Å². The van der Waals surface area contributed by atoms with Gasteiger partial charge in [-0.15, -0.1) is 0 Å². The first-order chi connectivity index (χ1) is 8.75. The van der Waals surface area contributed by atoms with Crippen LogP contribution in [0.2, 0.25) is 0 Å². The Kier molecular flexibility index (Phi) is 4.99. The van der Waals surface area contributed by atoms with Crippen LogP contribution < -0.4 is 10.1 Å². The van der Waals surface area contributed by atoms with Gasteiger partial charge in [0.1, 0.15) is 4.60 Å². The van der Waals surface area contributed by atoms with Gasteiger partial charge in [0.2, 0.25) is 0 Å². The quantitative estimate of drug-likeness (QED) is 0.870. The number of hydrogen-bond acceptors (Lipinski definition) is 3. The molecule has 1 fully saturated rings. The zero-order valence-corrected chi connectivity index (χ0v) is 11.8. The number of nitrogens with one attached hydrogen (secondary N) is 1. The number of hydrogen-bond donors (Lipinski definition) is 1. The first-order valence-electron chi connectivity index (χ1n) is 6.28. The minimum Gasteiger partial charge on any atom is -0.481 e. The van der Waals surface area contributed by atoms with Gasteiger partial charge < -0.3 is 10.1 Å². The van der Waals surface area contributed by atoms with Crippen LogP contribution in [-0.4, -0.2) is 23.5 Å². The summed E-state index contributed by atoms with van der Waals surface area (Å²) >= 11 is 3.28. The maximum absolute atomic E-state index is 11.7. The second-order valence-electron chi connectivity index (χ2n) is 4.48. The third-order valence-corrected chi connectivity index (χ3v) is 3.65. The highest BCUT2D eigenvalue weighted by Gasteiger charge is 2.16. The number of pyridine rings is 1. The van der Waals surface area contributed by atoms with Crippen molar-refractivity contribution in [3.05, 3.63) is 22.9 Å². The Balaban J connectivity index is 1.76. The lowest BCUT2D eigenvalue weighted by atomic mass is 9.95. The molecule has 98 valence electrons. The smallest absolute Gasteiger partial charge is 0.258 e. The SMILES string of the molecule is O=C(COc1cccnc1Br)NC1CCCCC1. The summed E-state index contributed by atoms with van der Waals surface area (Å²) < 4.78 is 6.04. The number of ether oxygens (including phenoxy) is 1. The summed E-state index contributed by atoms with van der Waals surface area (Å²) in [7, 11) is 0. The highest BCUT2D eigenvalue weighted by Crippen LogP contribution is 2.21. The summed E-state index contributed by atoms with van der Waals surface area (Å²) in [5.41, 5.74) is 0. The van der Waals surface area contributed by atoms with Crippen LogP contribution in [0.15, 0.2) is 22.9 Å². The minimum absolute atomic E-state index is 0.0425. The predicted molar refractivity (Wildman–Crippen MR) is 72.4 cm³/mol. The number of nitrogens with zero attached hydrogens (tertiary/aromatic N) is 1. The highest BCUT2D eigenvalue weighted by atomic mass is 79.9. The Morgan fingerprint density at radius 1 is 1.44 bits per heavy atom. The molecular formula is C13H17BrN2O2. The van der Waals surface area contributed by atoms with Crippen LogP contribution in [0.5, 0.6) is 5.75 Å². The molecule has 1 saturated carbocycles. The van der Waals surface area contributed by atoms with Gasteiger partial charge in [-0.25, -0.2) is 4.98 Å². The van der Waals surface area contributed by atoms with Crippen molar-refractivity contribution in [1.29, 1.82) is 0 Å². The van der Waals surface area contributed by atoms with Gasteiger partial charge in [-0.1, -0.05) is 19.3 Å². The molecule has 2 rings (SSSR count). The standard InChI is InChI=1S/C13H17BrN2O2/c14-13-11(7-4-8-15-13)18-9-12(17)16-10-5-2-1-3-6-10/h4,7-8,10H,1-3,5-6,9H2,(H,16,17). The second kappa shape index (κ2) is 6.73. The summed E-state index contributed by atoms with van der Waals surface area (Å²) in [6, 6.07) is 3.89. The molecule has 1 heterocycles. The Morgan fingerprint density at radius 2 is 2.22 bits per heavy atom. The van der Waals surface area contributed by atoms with Gasteiger partial charge in [-0.05, 0) is 40.9 Å². The Bertz CT molecular complexity index is 406. The number of halogens is 1. The molecule has 0 aliphatic heterocycles. The van der Waals surface area contributed by atoms with Crippen LogP contribution in [0.4, 0.5) is 0 Å². The van der Waals surface area contributed by atoms with E-state index in [1.807, 2.05) is 0 Å². The average Bonchev–Trinajstić information content (AvgIpc) is 2.39. The molecule has 18 heavy (non-hydrogen) atoms. The van der Waals surface area contributed by atoms with Crippen molar-refractivity contribution in [2.45, 2.75) is 38.1 Å². The summed E-state index contributed by atoms with van der Waals surface area (Å²) in [5, 5.41) is 3.01. The predicted octanol–water partition coefficient (Wildman–Crippen LogP) is 2.67. The van der Waals surface area contributed by atoms with E-state index < -0.39 is 0 Å². The van der Waals surface area contributed by atoms with Crippen LogP contribution in [0.1, 0.15) is 32.1 Å². The van der Waals surface area contributed by atoms with Gasteiger partial charge >= 0.3 is 0 Å². The van der Waals surface area contributed by atoms with Crippen LogP contribution in [-0.2, 0) is 4.79 Å². The molecule has 1 N–H and O–H groups in total. The van der Waals surface area contributed by atoms with Crippen molar-refractivity contribution in [1.82, 2.24) is 10.3 Å². The number of aromatic nitrogens is 1. The van der Waals surface area contributed by atoms with Gasteiger partial charge in [-0.2, -0.15) is 0 Å². The molecule has 0 spiro atoms. The third kappa shape index (κ3) is 3.98. The molecule has 0 aromatic carbocycles. The van der Waals surface area contributed by atoms with Gasteiger partial charge in [0, 0.05) is 12.2 Å². The molecule has 0 radical (unpaired) electrons. The van der Waals surface area contributed by atoms with E-state index >= 15 is 0 Å². The van der Waals surface area contributed by atoms with Crippen molar-refractivity contribution in [3.63, 3.8) is 0 Å². The first-order valence-corrected chi connectivity index (χ1v) is 7.07. The normalized spacial score (nSPS) is 16.3. The molecule has 0 unspecified atom stereocenters. The first kappa shape index (κ1) is 13.3. The molecule has 1 aromatic heterocycles. The van der Waals surface area contributed by atoms with E-state index in [0.717, 1.165) is 12.8 Å². The van der Waals surface area contributed by atoms with Gasteiger partial charge in [0.15, 0.2) is 12.4 Å². The lowest BCUT2D eigenvalue weighted by Crippen LogP contribution is -2.39. The molecule has 1 aromatic rings. The molecule has 4 nitrogen and oxygen atoms in total. The molecule has 1 aliphatic rings. The molecule has 1 amide bonds. The van der Waals surface area contributed by atoms with Crippen LogP contribution in [0, 0.1) is 0 Å². The average molecular weight is 313 g/mol. The van der Waals surface area contributed by atoms with Crippen LogP contribution in [0.3, 0.4) is 0 Å². The third-order valence-electron chi connectivity index (χ3n) is 3.05. The summed E-state index contributed by atoms with van der Waals surface area (Å²) in [6.45, 7) is 0.0425. The van der Waals surface area contributed by atoms with E-state index in [-0.39, 0.29) is 12.5 Å². The van der Waals surface area contributed by atoms with E-state index in [1.165, 1.54) is 19.3 Å². The fourth-order valence-corrected chi connectivity index (χ4v) is 2.50. The molecular weight excluding hydrogens is 296 g/mol. The van der Waals surface area contributed by atoms with E-state index in [4.69, 9.17) is 4.74 Å². The minimum atomic E-state index is -0.0577. The summed E-state index contributed by atoms with van der Waals surface area (Å²) in [4.78, 5) is 15.8. The fourth-order valence-electron chi connectivity index (χ4n) is 2.14. The maximum atomic E-state index is 11.7. The van der Waals surface area contributed by atoms with Crippen molar-refractivity contribution < 1.29 is 9.53 Å². The highest BCUT2D eigenvalue weighted by molar-refractivity contribution is 9.10. The fraction of sp³-hybridized carbons (Fsp3) is 0.538. The van der Waals surface area contributed by atoms with Crippen LogP contribution in [0.25, 0.3) is 0 Å². The van der Waals surface area contributed by atoms with Gasteiger partial charge in [0.25, 0.3) is 5.91 Å². The lowest BCUT2D eigenvalue weighted by molar-refractivity contribution is -0.124. The monoisotopic (exact) mass is 312 g/mol. The molecule has 0 bridgehead atoms. The zero-order valence-electron chi connectivity index (χ0n) is 10.2. The molecule has 0 saturated heterocycles. The van der Waals surface area contributed by atoms with E-state index in [0.29, 0.717) is 16.4 Å². The van der Waals surface area contributed by atoms with Crippen LogP contribution >= 0.6 is 15.9 Å². The molecule has 1 aliphatic carbocycles. The molecule has 0 atom stereocenters. The van der Waals surface area contributed by atoms with E-state index in [2.05, 4.69) is 26.2 Å². The zero-order chi connectivity index (χ0) is 12.8. The largest absolute Gasteiger partial charge is 0.481 e. The van der Waals surface area contributed by atoms with E-state index in [9.17, 15) is 4.79 Å². The van der Waals surface area contributed by atoms with E-state index in [1.54, 1.807) is 18.3 Å². The topological polar surface area (TPSA) is 51.2 Å². The van der Waals surface area contributed by atoms with Crippen molar-refractivity contribution in [2.75, 3.05) is 6.61 Å². The number of rotatable bonds is 4. The summed E-state index contributed by atoms with van der Waals surface area (Å²) in [6.07, 6.45) is 7.54. The second-order valence-corrected chi connectivity index (χ2v) is 5.23. The lowest BCUT2D eigenvalue weighted by Gasteiger charge is -2.22. The molecule has 5 heteroatoms. The Labute approximate surface area is 115 Å². The number of amides is 1. The maximum Gasteiger partial charge on any atom is 0.258 e. The van der Waals surface area contributed by atoms with Gasteiger partial charge in [-0.3, -0.25) is 4.79 Å². The van der Waals surface area contributed by atoms with Crippen molar-refractivity contribution in [3.8, 4) is 5.75 Å².